The molecule has 11 N–H and O–H groups in total. The molecule has 20 heteroatoms. The summed E-state index contributed by atoms with van der Waals surface area (Å²) in [6.07, 6.45) is 21.1. The van der Waals surface area contributed by atoms with Crippen LogP contribution in [-0.2, 0) is 33.6 Å². The smallest absolute Gasteiger partial charge is 0.262 e. The van der Waals surface area contributed by atoms with Gasteiger partial charge in [-0.15, -0.1) is 0 Å². The Bertz CT molecular complexity index is 1480. The van der Waals surface area contributed by atoms with Gasteiger partial charge in [0.05, 0.1) is 6.04 Å². The van der Waals surface area contributed by atoms with Gasteiger partial charge in [-0.3, -0.25) is 33.6 Å². The topological polar surface area (TPSA) is 305 Å². The van der Waals surface area contributed by atoms with E-state index in [0.29, 0.717) is 45.1 Å². The van der Waals surface area contributed by atoms with Crippen LogP contribution in [0.1, 0.15) is 188 Å². The van der Waals surface area contributed by atoms with Gasteiger partial charge in [-0.25, -0.2) is 21.7 Å². The van der Waals surface area contributed by atoms with E-state index in [2.05, 4.69) is 85.8 Å². The van der Waals surface area contributed by atoms with Crippen LogP contribution in [0, 0.1) is 0 Å². The maximum absolute atomic E-state index is 14.0. The summed E-state index contributed by atoms with van der Waals surface area (Å²) in [5.74, 6) is -4.43. The summed E-state index contributed by atoms with van der Waals surface area (Å²) in [6.45, 7) is 8.72. The first-order valence-electron chi connectivity index (χ1n) is 24.0. The lowest BCUT2D eigenvalue weighted by atomic mass is 10.0. The Morgan fingerprint density at radius 1 is 0.415 bits per heavy atom. The zero-order chi connectivity index (χ0) is 48.3. The normalized spacial score (nSPS) is 13.4. The molecule has 0 fully saturated rings. The van der Waals surface area contributed by atoms with Crippen molar-refractivity contribution in [2.75, 3.05) is 6.54 Å². The van der Waals surface area contributed by atoms with Gasteiger partial charge in [0.15, 0.2) is 0 Å². The Kier molecular flexibility index (Phi) is 38.3. The first kappa shape index (κ1) is 59.9. The maximum Gasteiger partial charge on any atom is 0.262 e. The summed E-state index contributed by atoms with van der Waals surface area (Å²) < 4.78 is 0. The van der Waals surface area contributed by atoms with Crippen LogP contribution in [0.25, 0.3) is 0 Å². The van der Waals surface area contributed by atoms with Crippen molar-refractivity contribution in [3.05, 3.63) is 0 Å². The van der Waals surface area contributed by atoms with Gasteiger partial charge in [0, 0.05) is 44.1 Å². The highest BCUT2D eigenvalue weighted by Crippen LogP contribution is 2.08. The lowest BCUT2D eigenvalue weighted by molar-refractivity contribution is -0.133. The van der Waals surface area contributed by atoms with Gasteiger partial charge in [0.25, 0.3) is 11.8 Å². The van der Waals surface area contributed by atoms with Crippen LogP contribution in [0.5, 0.6) is 0 Å². The lowest BCUT2D eigenvalue weighted by Crippen LogP contribution is -2.56. The second-order valence-electron chi connectivity index (χ2n) is 16.0. The minimum absolute atomic E-state index is 0.0892. The molecule has 0 aliphatic heterocycles. The van der Waals surface area contributed by atoms with Crippen LogP contribution in [0.15, 0.2) is 20.4 Å². The average Bonchev–Trinajstić information content (AvgIpc) is 3.29. The summed E-state index contributed by atoms with van der Waals surface area (Å²) >= 11 is 0. The van der Waals surface area contributed by atoms with E-state index in [9.17, 15) is 33.6 Å². The number of nitrogens with zero attached hydrogens (tertiary/aromatic N) is 4. The van der Waals surface area contributed by atoms with Crippen LogP contribution in [0.3, 0.4) is 0 Å². The number of rotatable bonds is 40. The molecule has 0 aliphatic rings. The molecule has 7 amide bonds. The molecule has 0 aromatic carbocycles. The van der Waals surface area contributed by atoms with Crippen molar-refractivity contribution in [1.29, 1.82) is 0 Å². The molecule has 0 aromatic rings. The molecule has 0 saturated heterocycles. The van der Waals surface area contributed by atoms with Crippen LogP contribution in [0.2, 0.25) is 0 Å². The molecule has 0 spiro atoms. The molecule has 0 aromatic heterocycles. The molecule has 370 valence electrons. The van der Waals surface area contributed by atoms with Gasteiger partial charge in [-0.2, -0.15) is 20.4 Å². The van der Waals surface area contributed by atoms with E-state index in [1.54, 1.807) is 24.9 Å². The largest absolute Gasteiger partial charge is 0.344 e. The first-order chi connectivity index (χ1) is 31.4. The summed E-state index contributed by atoms with van der Waals surface area (Å²) in [7, 11) is 0. The Labute approximate surface area is 387 Å². The third-order valence-electron chi connectivity index (χ3n) is 10.0. The zero-order valence-electron chi connectivity index (χ0n) is 39.8. The molecule has 0 unspecified atom stereocenters. The van der Waals surface area contributed by atoms with E-state index in [0.717, 1.165) is 77.0 Å². The first-order valence-corrected chi connectivity index (χ1v) is 24.0. The fraction of sp³-hybridized carbons (Fsp3) is 0.756. The van der Waals surface area contributed by atoms with E-state index >= 15 is 0 Å². The van der Waals surface area contributed by atoms with Crippen molar-refractivity contribution < 1.29 is 33.6 Å². The number of amides is 7. The summed E-state index contributed by atoms with van der Waals surface area (Å²) in [6, 6.07) is -4.83. The van der Waals surface area contributed by atoms with E-state index < -0.39 is 65.5 Å². The van der Waals surface area contributed by atoms with E-state index in [1.807, 2.05) is 0 Å². The van der Waals surface area contributed by atoms with Crippen LogP contribution < -0.4 is 49.1 Å². The number of unbranched alkanes of at least 4 members (excludes halogenated alkanes) is 13. The molecule has 0 bridgehead atoms. The SMILES string of the molecule is CCCCC/C=N/NC(=O)CC[C@H](NC(=O)CC[C@H](NC(=O)[C@@H](N)CCCCN)C(=O)N[C@@H](CCC(=O)N/N=C/CCCCC)C(=O)N/N=C/CCCCC)C(=O)N/N=C/CCCCC. The Hall–Kier alpha value is -5.11. The molecule has 0 radical (unpaired) electrons. The van der Waals surface area contributed by atoms with Crippen molar-refractivity contribution in [3.8, 4) is 0 Å². The minimum atomic E-state index is -1.37. The molecule has 4 atom stereocenters. The van der Waals surface area contributed by atoms with Crippen LogP contribution >= 0.6 is 0 Å². The zero-order valence-corrected chi connectivity index (χ0v) is 39.8. The number of nitrogens with one attached hydrogen (secondary N) is 7. The third-order valence-corrected chi connectivity index (χ3v) is 10.0. The summed E-state index contributed by atoms with van der Waals surface area (Å²) in [5.41, 5.74) is 21.5. The van der Waals surface area contributed by atoms with E-state index in [4.69, 9.17) is 11.5 Å². The van der Waals surface area contributed by atoms with Gasteiger partial charge < -0.3 is 27.4 Å². The van der Waals surface area contributed by atoms with Crippen LogP contribution in [0.4, 0.5) is 0 Å². The molecule has 0 heterocycles. The van der Waals surface area contributed by atoms with Crippen molar-refractivity contribution in [2.45, 2.75) is 212 Å². The molecule has 0 saturated carbocycles. The Balaban J connectivity index is 6.21. The second kappa shape index (κ2) is 41.6. The number of hydrogen-bond donors (Lipinski definition) is 9. The molecule has 65 heavy (non-hydrogen) atoms. The van der Waals surface area contributed by atoms with Gasteiger partial charge in [-0.1, -0.05) is 85.5 Å². The number of hydrogen-bond acceptors (Lipinski definition) is 13. The second-order valence-corrected chi connectivity index (χ2v) is 16.0. The predicted octanol–water partition coefficient (Wildman–Crippen LogP) is 3.97. The van der Waals surface area contributed by atoms with Crippen LogP contribution in [-0.4, -0.2) is 96.9 Å². The van der Waals surface area contributed by atoms with E-state index in [-0.39, 0.29) is 44.9 Å². The fourth-order valence-electron chi connectivity index (χ4n) is 6.01. The lowest BCUT2D eigenvalue weighted by Gasteiger charge is -2.24. The van der Waals surface area contributed by atoms with Crippen molar-refractivity contribution in [3.63, 3.8) is 0 Å². The molecule has 0 rings (SSSR count). The molecule has 0 aliphatic carbocycles. The Morgan fingerprint density at radius 3 is 1.17 bits per heavy atom. The Morgan fingerprint density at radius 2 is 0.769 bits per heavy atom. The number of carbonyl (C=O) groups excluding carboxylic acids is 7. The van der Waals surface area contributed by atoms with Gasteiger partial charge >= 0.3 is 0 Å². The highest BCUT2D eigenvalue weighted by atomic mass is 16.2. The van der Waals surface area contributed by atoms with E-state index in [1.165, 1.54) is 0 Å². The highest BCUT2D eigenvalue weighted by Gasteiger charge is 2.30. The summed E-state index contributed by atoms with van der Waals surface area (Å²) in [4.78, 5) is 92.6. The molecular weight excluding hydrogens is 835 g/mol. The number of carbonyl (C=O) groups is 7. The third kappa shape index (κ3) is 34.0. The minimum Gasteiger partial charge on any atom is -0.344 e. The average molecular weight is 918 g/mol. The van der Waals surface area contributed by atoms with Gasteiger partial charge in [0.1, 0.15) is 18.1 Å². The molecular formula is C45H83N13O7. The maximum atomic E-state index is 14.0. The number of hydrazone groups is 4. The van der Waals surface area contributed by atoms with Crippen molar-refractivity contribution >= 4 is 66.2 Å². The molecule has 20 nitrogen and oxygen atoms in total. The van der Waals surface area contributed by atoms with Crippen molar-refractivity contribution in [1.82, 2.24) is 37.7 Å². The number of nitrogens with two attached hydrogens (primary N) is 2. The predicted molar refractivity (Wildman–Crippen MR) is 257 cm³/mol. The summed E-state index contributed by atoms with van der Waals surface area (Å²) in [5, 5.41) is 23.8. The highest BCUT2D eigenvalue weighted by molar-refractivity contribution is 5.94. The van der Waals surface area contributed by atoms with Gasteiger partial charge in [0.2, 0.25) is 29.5 Å². The quantitative estimate of drug-likeness (QED) is 0.0244. The standard InChI is InChI=1S/C45H83N13O7/c1-5-9-13-19-31-48-55-40(60)28-25-37(44(64)57-50-33-21-15-11-7-3)52-39(59)27-24-36(53-42(62)35(47)23-17-18-30-46)43(63)54-38(45(65)58-51-34-22-16-12-8-4)26-29-41(61)56-49-32-20-14-10-6-2/h31-38H,5-30,46-47H2,1-4H3,(H,52,59)(H,53,62)(H,54,63)(H,55,60)(H,56,61)(H,57,64)(H,58,65)/b48-31+,49-32+,50-33+,51-34+/t35-,36-,37-,38-/m0/s1. The monoisotopic (exact) mass is 918 g/mol. The van der Waals surface area contributed by atoms with Crippen molar-refractivity contribution in [2.24, 2.45) is 31.9 Å². The van der Waals surface area contributed by atoms with Gasteiger partial charge in [-0.05, 0) is 90.0 Å². The fourth-order valence-corrected chi connectivity index (χ4v) is 6.01.